The lowest BCUT2D eigenvalue weighted by Crippen LogP contribution is -2.12. The van der Waals surface area contributed by atoms with E-state index in [9.17, 15) is 9.18 Å². The lowest BCUT2D eigenvalue weighted by Gasteiger charge is -2.11. The van der Waals surface area contributed by atoms with Crippen molar-refractivity contribution in [2.75, 3.05) is 0 Å². The molecule has 2 rings (SSSR count). The smallest absolute Gasteiger partial charge is 0.163 e. The van der Waals surface area contributed by atoms with Crippen LogP contribution in [0.25, 0.3) is 0 Å². The molecule has 2 aromatic carbocycles. The lowest BCUT2D eigenvalue weighted by atomic mass is 9.98. The second-order valence-corrected chi connectivity index (χ2v) is 4.94. The minimum Gasteiger partial charge on any atom is -0.324 e. The predicted molar refractivity (Wildman–Crippen MR) is 78.1 cm³/mol. The van der Waals surface area contributed by atoms with Crippen LogP contribution in [-0.2, 0) is 0 Å². The summed E-state index contributed by atoms with van der Waals surface area (Å²) in [6.07, 6.45) is 0.872. The average molecular weight is 271 g/mol. The van der Waals surface area contributed by atoms with Crippen molar-refractivity contribution in [3.8, 4) is 0 Å². The van der Waals surface area contributed by atoms with E-state index in [1.165, 1.54) is 6.07 Å². The summed E-state index contributed by atoms with van der Waals surface area (Å²) in [7, 11) is 0. The molecule has 2 nitrogen and oxygen atoms in total. The van der Waals surface area contributed by atoms with Crippen molar-refractivity contribution in [1.82, 2.24) is 0 Å². The van der Waals surface area contributed by atoms with Gasteiger partial charge in [-0.15, -0.1) is 0 Å². The molecule has 2 aromatic rings. The Morgan fingerprint density at radius 2 is 1.90 bits per heavy atom. The highest BCUT2D eigenvalue weighted by Gasteiger charge is 2.12. The third kappa shape index (κ3) is 3.52. The highest BCUT2D eigenvalue weighted by atomic mass is 19.1. The van der Waals surface area contributed by atoms with Crippen LogP contribution in [0.15, 0.2) is 48.5 Å². The van der Waals surface area contributed by atoms with E-state index < -0.39 is 0 Å². The van der Waals surface area contributed by atoms with Crippen LogP contribution in [0.1, 0.15) is 40.4 Å². The predicted octanol–water partition coefficient (Wildman–Crippen LogP) is 3.80. The molecular formula is C17H18FNO. The maximum atomic E-state index is 13.4. The van der Waals surface area contributed by atoms with Crippen molar-refractivity contribution in [1.29, 1.82) is 0 Å². The van der Waals surface area contributed by atoms with Crippen molar-refractivity contribution in [2.45, 2.75) is 25.8 Å². The number of carbonyl (C=O) groups excluding carboxylic acids is 1. The summed E-state index contributed by atoms with van der Waals surface area (Å²) in [4.78, 5) is 12.0. The van der Waals surface area contributed by atoms with Crippen LogP contribution >= 0.6 is 0 Å². The molecule has 2 N–H and O–H groups in total. The summed E-state index contributed by atoms with van der Waals surface area (Å²) in [5, 5.41) is 0. The second kappa shape index (κ2) is 6.44. The highest BCUT2D eigenvalue weighted by Crippen LogP contribution is 2.18. The van der Waals surface area contributed by atoms with Gasteiger partial charge in [-0.2, -0.15) is 0 Å². The number of rotatable bonds is 5. The van der Waals surface area contributed by atoms with Gasteiger partial charge in [-0.3, -0.25) is 4.79 Å². The molecule has 0 saturated heterocycles. The zero-order valence-electron chi connectivity index (χ0n) is 11.5. The summed E-state index contributed by atoms with van der Waals surface area (Å²) in [5.41, 5.74) is 8.01. The fourth-order valence-corrected chi connectivity index (χ4v) is 2.06. The quantitative estimate of drug-likeness (QED) is 0.841. The Morgan fingerprint density at radius 1 is 1.20 bits per heavy atom. The van der Waals surface area contributed by atoms with E-state index in [1.54, 1.807) is 19.1 Å². The first-order valence-electron chi connectivity index (χ1n) is 6.68. The van der Waals surface area contributed by atoms with Gasteiger partial charge >= 0.3 is 0 Å². The Hall–Kier alpha value is -2.00. The Kier molecular flexibility index (Phi) is 4.64. The molecule has 0 radical (unpaired) electrons. The van der Waals surface area contributed by atoms with Gasteiger partial charge in [-0.25, -0.2) is 4.39 Å². The Morgan fingerprint density at radius 3 is 2.55 bits per heavy atom. The molecule has 0 saturated carbocycles. The Balaban J connectivity index is 1.97. The third-order valence-electron chi connectivity index (χ3n) is 3.40. The minimum atomic E-state index is -0.344. The first kappa shape index (κ1) is 14.4. The van der Waals surface area contributed by atoms with Gasteiger partial charge in [0.05, 0.1) is 0 Å². The van der Waals surface area contributed by atoms with Crippen molar-refractivity contribution < 1.29 is 9.18 Å². The molecule has 0 spiro atoms. The number of nitrogens with two attached hydrogens (primary N) is 1. The minimum absolute atomic E-state index is 0.0738. The molecule has 1 unspecified atom stereocenters. The number of halogens is 1. The first-order valence-corrected chi connectivity index (χ1v) is 6.68. The molecule has 3 heteroatoms. The zero-order valence-corrected chi connectivity index (χ0v) is 11.5. The van der Waals surface area contributed by atoms with Crippen LogP contribution in [0, 0.1) is 12.7 Å². The van der Waals surface area contributed by atoms with Crippen LogP contribution < -0.4 is 5.73 Å². The summed E-state index contributed by atoms with van der Waals surface area (Å²) in [6, 6.07) is 14.1. The highest BCUT2D eigenvalue weighted by molar-refractivity contribution is 5.96. The number of hydrogen-bond acceptors (Lipinski definition) is 2. The molecular weight excluding hydrogens is 253 g/mol. The number of carbonyl (C=O) groups is 1. The number of Topliss-reactive ketones (excluding diaryl/α,β-unsaturated/α-hetero) is 1. The van der Waals surface area contributed by atoms with Crippen LogP contribution in [-0.4, -0.2) is 5.78 Å². The fourth-order valence-electron chi connectivity index (χ4n) is 2.06. The van der Waals surface area contributed by atoms with Gasteiger partial charge in [-0.1, -0.05) is 42.5 Å². The molecule has 20 heavy (non-hydrogen) atoms. The third-order valence-corrected chi connectivity index (χ3v) is 3.40. The lowest BCUT2D eigenvalue weighted by molar-refractivity contribution is 0.0977. The zero-order chi connectivity index (χ0) is 14.5. The number of hydrogen-bond donors (Lipinski definition) is 1. The van der Waals surface area contributed by atoms with Crippen LogP contribution in [0.5, 0.6) is 0 Å². The second-order valence-electron chi connectivity index (χ2n) is 4.94. The summed E-state index contributed by atoms with van der Waals surface area (Å²) >= 11 is 0. The van der Waals surface area contributed by atoms with E-state index in [4.69, 9.17) is 5.73 Å². The van der Waals surface area contributed by atoms with Gasteiger partial charge in [0.25, 0.3) is 0 Å². The molecule has 0 amide bonds. The largest absolute Gasteiger partial charge is 0.324 e. The molecule has 0 heterocycles. The average Bonchev–Trinajstić information content (AvgIpc) is 2.48. The van der Waals surface area contributed by atoms with E-state index in [1.807, 2.05) is 30.3 Å². The van der Waals surface area contributed by atoms with Crippen molar-refractivity contribution >= 4 is 5.78 Å². The monoisotopic (exact) mass is 271 g/mol. The van der Waals surface area contributed by atoms with Crippen molar-refractivity contribution in [3.05, 3.63) is 71.0 Å². The molecule has 0 aromatic heterocycles. The summed E-state index contributed by atoms with van der Waals surface area (Å²) in [6.45, 7) is 1.68. The van der Waals surface area contributed by atoms with Crippen molar-refractivity contribution in [2.24, 2.45) is 5.73 Å². The van der Waals surface area contributed by atoms with E-state index in [2.05, 4.69) is 0 Å². The summed E-state index contributed by atoms with van der Waals surface area (Å²) in [5.74, 6) is -0.418. The molecule has 0 aliphatic heterocycles. The van der Waals surface area contributed by atoms with Crippen LogP contribution in [0.4, 0.5) is 4.39 Å². The Bertz CT molecular complexity index is 595. The van der Waals surface area contributed by atoms with Gasteiger partial charge in [0.1, 0.15) is 5.82 Å². The normalized spacial score (nSPS) is 12.2. The van der Waals surface area contributed by atoms with E-state index in [0.29, 0.717) is 24.0 Å². The number of benzene rings is 2. The molecule has 0 aliphatic rings. The van der Waals surface area contributed by atoms with Gasteiger partial charge in [0, 0.05) is 18.0 Å². The van der Waals surface area contributed by atoms with E-state index in [0.717, 1.165) is 5.56 Å². The van der Waals surface area contributed by atoms with Crippen LogP contribution in [0.2, 0.25) is 0 Å². The van der Waals surface area contributed by atoms with E-state index >= 15 is 0 Å². The SMILES string of the molecule is Cc1ccc(C(=O)CCC(N)c2ccccc2)cc1F. The Labute approximate surface area is 118 Å². The topological polar surface area (TPSA) is 43.1 Å². The number of aryl methyl sites for hydroxylation is 1. The van der Waals surface area contributed by atoms with Gasteiger partial charge in [-0.05, 0) is 30.5 Å². The van der Waals surface area contributed by atoms with Gasteiger partial charge in [0.15, 0.2) is 5.78 Å². The molecule has 104 valence electrons. The molecule has 0 aliphatic carbocycles. The standard InChI is InChI=1S/C17H18FNO/c1-12-7-8-14(11-15(12)18)17(20)10-9-16(19)13-5-3-2-4-6-13/h2-8,11,16H,9-10,19H2,1H3. The van der Waals surface area contributed by atoms with Crippen molar-refractivity contribution in [3.63, 3.8) is 0 Å². The van der Waals surface area contributed by atoms with E-state index in [-0.39, 0.29) is 17.6 Å². The molecule has 0 bridgehead atoms. The van der Waals surface area contributed by atoms with Gasteiger partial charge in [0.2, 0.25) is 0 Å². The molecule has 0 fully saturated rings. The maximum absolute atomic E-state index is 13.4. The fraction of sp³-hybridized carbons (Fsp3) is 0.235. The first-order chi connectivity index (χ1) is 9.58. The summed E-state index contributed by atoms with van der Waals surface area (Å²) < 4.78 is 13.4. The van der Waals surface area contributed by atoms with Crippen LogP contribution in [0.3, 0.4) is 0 Å². The molecule has 1 atom stereocenters. The maximum Gasteiger partial charge on any atom is 0.163 e. The number of ketones is 1. The van der Waals surface area contributed by atoms with Gasteiger partial charge < -0.3 is 5.73 Å².